The summed E-state index contributed by atoms with van der Waals surface area (Å²) in [5.41, 5.74) is 1.16. The maximum Gasteiger partial charge on any atom is 0.244 e. The second-order valence-electron chi connectivity index (χ2n) is 5.96. The molecule has 1 saturated heterocycles. The number of methoxy groups -OCH3 is 1. The molecule has 1 aliphatic rings. The number of carbonyl (C=O) groups is 1. The van der Waals surface area contributed by atoms with Crippen molar-refractivity contribution in [3.8, 4) is 5.75 Å². The summed E-state index contributed by atoms with van der Waals surface area (Å²) in [4.78, 5) is 12.6. The fraction of sp³-hybridized carbons (Fsp3) is 0.278. The van der Waals surface area contributed by atoms with E-state index in [-0.39, 0.29) is 18.0 Å². The van der Waals surface area contributed by atoms with Gasteiger partial charge in [-0.1, -0.05) is 29.8 Å². The summed E-state index contributed by atoms with van der Waals surface area (Å²) in [7, 11) is -2.37. The molecule has 1 unspecified atom stereocenters. The first-order valence-electron chi connectivity index (χ1n) is 8.05. The number of hydrogen-bond acceptors (Lipinski definition) is 4. The molecule has 0 aromatic heterocycles. The fourth-order valence-corrected chi connectivity index (χ4v) is 4.94. The summed E-state index contributed by atoms with van der Waals surface area (Å²) in [6.07, 6.45) is 0. The molecule has 0 aliphatic carbocycles. The second kappa shape index (κ2) is 7.26. The lowest BCUT2D eigenvalue weighted by atomic mass is 10.0. The fourth-order valence-electron chi connectivity index (χ4n) is 3.04. The van der Waals surface area contributed by atoms with E-state index >= 15 is 0 Å². The van der Waals surface area contributed by atoms with Crippen molar-refractivity contribution in [3.05, 3.63) is 58.6 Å². The van der Waals surface area contributed by atoms with Gasteiger partial charge in [0, 0.05) is 18.1 Å². The predicted molar refractivity (Wildman–Crippen MR) is 98.8 cm³/mol. The van der Waals surface area contributed by atoms with Crippen LogP contribution in [0.25, 0.3) is 0 Å². The number of nitrogens with one attached hydrogen (secondary N) is 1. The number of amides is 1. The van der Waals surface area contributed by atoms with Crippen molar-refractivity contribution in [1.82, 2.24) is 9.62 Å². The van der Waals surface area contributed by atoms with Gasteiger partial charge in [-0.15, -0.1) is 0 Å². The van der Waals surface area contributed by atoms with E-state index in [9.17, 15) is 13.2 Å². The van der Waals surface area contributed by atoms with Gasteiger partial charge >= 0.3 is 0 Å². The van der Waals surface area contributed by atoms with Crippen LogP contribution >= 0.6 is 11.6 Å². The van der Waals surface area contributed by atoms with Gasteiger partial charge < -0.3 is 10.1 Å². The minimum absolute atomic E-state index is 0.113. The molecule has 26 heavy (non-hydrogen) atoms. The molecule has 2 aromatic rings. The first-order chi connectivity index (χ1) is 12.4. The Morgan fingerprint density at radius 1 is 1.23 bits per heavy atom. The molecule has 8 heteroatoms. The van der Waals surface area contributed by atoms with Gasteiger partial charge in [0.2, 0.25) is 15.9 Å². The third kappa shape index (κ3) is 3.30. The van der Waals surface area contributed by atoms with Crippen molar-refractivity contribution in [2.45, 2.75) is 17.9 Å². The van der Waals surface area contributed by atoms with Gasteiger partial charge in [0.1, 0.15) is 11.8 Å². The second-order valence-corrected chi connectivity index (χ2v) is 8.26. The number of halogens is 1. The molecule has 1 heterocycles. The van der Waals surface area contributed by atoms with Crippen LogP contribution in [-0.4, -0.2) is 38.8 Å². The van der Waals surface area contributed by atoms with E-state index in [4.69, 9.17) is 16.3 Å². The molecule has 1 aliphatic heterocycles. The third-order valence-corrected chi connectivity index (χ3v) is 6.55. The van der Waals surface area contributed by atoms with E-state index < -0.39 is 22.0 Å². The lowest BCUT2D eigenvalue weighted by Crippen LogP contribution is -2.52. The molecule has 1 fully saturated rings. The zero-order valence-electron chi connectivity index (χ0n) is 14.4. The number of ether oxygens (including phenoxy) is 1. The monoisotopic (exact) mass is 394 g/mol. The van der Waals surface area contributed by atoms with E-state index in [1.54, 1.807) is 43.3 Å². The van der Waals surface area contributed by atoms with Crippen LogP contribution in [-0.2, 0) is 14.8 Å². The summed E-state index contributed by atoms with van der Waals surface area (Å²) < 4.78 is 32.9. The van der Waals surface area contributed by atoms with Gasteiger partial charge in [-0.05, 0) is 42.3 Å². The molecular formula is C18H19ClN2O4S. The van der Waals surface area contributed by atoms with Crippen LogP contribution in [0, 0.1) is 6.92 Å². The minimum atomic E-state index is -3.90. The summed E-state index contributed by atoms with van der Waals surface area (Å²) in [5.74, 6) is 0.209. The first-order valence-corrected chi connectivity index (χ1v) is 9.86. The number of hydrogen-bond donors (Lipinski definition) is 1. The first kappa shape index (κ1) is 18.7. The van der Waals surface area contributed by atoms with Crippen LogP contribution in [0.5, 0.6) is 5.75 Å². The minimum Gasteiger partial charge on any atom is -0.496 e. The van der Waals surface area contributed by atoms with Gasteiger partial charge in [0.05, 0.1) is 12.0 Å². The topological polar surface area (TPSA) is 75.7 Å². The zero-order valence-corrected chi connectivity index (χ0v) is 16.0. The summed E-state index contributed by atoms with van der Waals surface area (Å²) in [6.45, 7) is 2.18. The average molecular weight is 395 g/mol. The van der Waals surface area contributed by atoms with Crippen LogP contribution in [0.15, 0.2) is 47.4 Å². The number of carbonyl (C=O) groups excluding carboxylic acids is 1. The largest absolute Gasteiger partial charge is 0.496 e. The Balaban J connectivity index is 2.08. The molecular weight excluding hydrogens is 376 g/mol. The van der Waals surface area contributed by atoms with Crippen molar-refractivity contribution < 1.29 is 17.9 Å². The SMILES string of the molecule is COc1ccc(S(=O)(=O)N2CCNC(=O)C2c2ccccc2Cl)cc1C. The highest BCUT2D eigenvalue weighted by atomic mass is 35.5. The van der Waals surface area contributed by atoms with E-state index in [2.05, 4.69) is 5.32 Å². The van der Waals surface area contributed by atoms with Crippen molar-refractivity contribution in [3.63, 3.8) is 0 Å². The standard InChI is InChI=1S/C18H19ClN2O4S/c1-12-11-13(7-8-16(12)25-2)26(23,24)21-10-9-20-18(22)17(21)14-5-3-4-6-15(14)19/h3-8,11,17H,9-10H2,1-2H3,(H,20,22). The van der Waals surface area contributed by atoms with Crippen LogP contribution in [0.1, 0.15) is 17.2 Å². The molecule has 1 amide bonds. The van der Waals surface area contributed by atoms with Gasteiger partial charge in [-0.3, -0.25) is 4.79 Å². The van der Waals surface area contributed by atoms with Crippen molar-refractivity contribution in [2.24, 2.45) is 0 Å². The quantitative estimate of drug-likeness (QED) is 0.864. The Labute approximate surface area is 157 Å². The Bertz CT molecular complexity index is 946. The molecule has 0 radical (unpaired) electrons. The molecule has 1 atom stereocenters. The molecule has 0 saturated carbocycles. The smallest absolute Gasteiger partial charge is 0.244 e. The number of nitrogens with zero attached hydrogens (tertiary/aromatic N) is 1. The summed E-state index contributed by atoms with van der Waals surface area (Å²) in [6, 6.07) is 10.4. The highest BCUT2D eigenvalue weighted by molar-refractivity contribution is 7.89. The Kier molecular flexibility index (Phi) is 5.22. The van der Waals surface area contributed by atoms with Crippen molar-refractivity contribution >= 4 is 27.5 Å². The molecule has 6 nitrogen and oxygen atoms in total. The average Bonchev–Trinajstić information content (AvgIpc) is 2.62. The Morgan fingerprint density at radius 2 is 1.96 bits per heavy atom. The lowest BCUT2D eigenvalue weighted by molar-refractivity contribution is -0.126. The number of aryl methyl sites for hydroxylation is 1. The molecule has 2 aromatic carbocycles. The molecule has 1 N–H and O–H groups in total. The van der Waals surface area contributed by atoms with Gasteiger partial charge in [-0.2, -0.15) is 4.31 Å². The molecule has 0 bridgehead atoms. The van der Waals surface area contributed by atoms with Crippen LogP contribution < -0.4 is 10.1 Å². The van der Waals surface area contributed by atoms with Crippen LogP contribution in [0.4, 0.5) is 0 Å². The predicted octanol–water partition coefficient (Wildman–Crippen LogP) is 2.52. The highest BCUT2D eigenvalue weighted by Crippen LogP contribution is 2.34. The zero-order chi connectivity index (χ0) is 18.9. The van der Waals surface area contributed by atoms with E-state index in [0.717, 1.165) is 0 Å². The normalized spacial score (nSPS) is 18.4. The highest BCUT2D eigenvalue weighted by Gasteiger charge is 2.40. The lowest BCUT2D eigenvalue weighted by Gasteiger charge is -2.34. The van der Waals surface area contributed by atoms with E-state index in [0.29, 0.717) is 21.9 Å². The number of piperazine rings is 1. The number of sulfonamides is 1. The van der Waals surface area contributed by atoms with Crippen molar-refractivity contribution in [2.75, 3.05) is 20.2 Å². The van der Waals surface area contributed by atoms with Gasteiger partial charge in [-0.25, -0.2) is 8.42 Å². The van der Waals surface area contributed by atoms with E-state index in [1.807, 2.05) is 0 Å². The summed E-state index contributed by atoms with van der Waals surface area (Å²) >= 11 is 6.23. The Morgan fingerprint density at radius 3 is 2.62 bits per heavy atom. The van der Waals surface area contributed by atoms with Gasteiger partial charge in [0.25, 0.3) is 0 Å². The van der Waals surface area contributed by atoms with Crippen molar-refractivity contribution in [1.29, 1.82) is 0 Å². The molecule has 0 spiro atoms. The number of benzene rings is 2. The maximum absolute atomic E-state index is 13.2. The third-order valence-electron chi connectivity index (χ3n) is 4.34. The van der Waals surface area contributed by atoms with Crippen LogP contribution in [0.3, 0.4) is 0 Å². The molecule has 138 valence electrons. The van der Waals surface area contributed by atoms with E-state index in [1.165, 1.54) is 17.5 Å². The maximum atomic E-state index is 13.2. The molecule has 3 rings (SSSR count). The Hall–Kier alpha value is -2.09. The van der Waals surface area contributed by atoms with Crippen LogP contribution in [0.2, 0.25) is 5.02 Å². The summed E-state index contributed by atoms with van der Waals surface area (Å²) in [5, 5.41) is 3.07. The number of rotatable bonds is 4. The van der Waals surface area contributed by atoms with Gasteiger partial charge in [0.15, 0.2) is 0 Å².